The maximum Gasteiger partial charge on any atom is 2.00 e. The first-order valence-corrected chi connectivity index (χ1v) is 4.10. The van der Waals surface area contributed by atoms with Crippen molar-refractivity contribution in [2.24, 2.45) is 0 Å². The van der Waals surface area contributed by atoms with Crippen LogP contribution < -0.4 is 6.15 Å². The van der Waals surface area contributed by atoms with Gasteiger partial charge in [0.2, 0.25) is 20.8 Å². The van der Waals surface area contributed by atoms with Crippen LogP contribution in [0.4, 0.5) is 0 Å². The molecule has 0 aliphatic rings. The molecule has 0 aliphatic carbocycles. The molecule has 0 aromatic heterocycles. The van der Waals surface area contributed by atoms with Crippen molar-refractivity contribution in [1.29, 1.82) is 0 Å². The van der Waals surface area contributed by atoms with E-state index in [9.17, 15) is 0 Å². The summed E-state index contributed by atoms with van der Waals surface area (Å²) < 4.78 is 65.7. The molecular formula is H9CaNO10S2. The zero-order chi connectivity index (χ0) is 9.00. The fraction of sp³-hybridized carbons (Fsp3) is 0. The molecule has 0 rings (SSSR count). The van der Waals surface area contributed by atoms with E-state index in [0.717, 1.165) is 0 Å². The van der Waals surface area contributed by atoms with Crippen LogP contribution in [-0.4, -0.2) is 83.7 Å². The minimum atomic E-state index is -4.92. The molecule has 0 aliphatic heterocycles. The van der Waals surface area contributed by atoms with E-state index in [-0.39, 0.29) is 54.8 Å². The van der Waals surface area contributed by atoms with Crippen LogP contribution >= 0.6 is 0 Å². The molecule has 0 unspecified atom stereocenters. The van der Waals surface area contributed by atoms with Gasteiger partial charge in [0.25, 0.3) is 0 Å². The molecule has 11 nitrogen and oxygen atoms in total. The first-order valence-electron chi connectivity index (χ1n) is 1.37. The summed E-state index contributed by atoms with van der Waals surface area (Å²) in [5, 5.41) is 0. The van der Waals surface area contributed by atoms with E-state index in [1.807, 2.05) is 0 Å². The second-order valence-electron chi connectivity index (χ2n) is 0.855. The van der Waals surface area contributed by atoms with Crippen molar-refractivity contribution in [3.63, 3.8) is 0 Å². The second-order valence-corrected chi connectivity index (χ2v) is 2.57. The fourth-order valence-corrected chi connectivity index (χ4v) is 0. The minimum absolute atomic E-state index is 0. The van der Waals surface area contributed by atoms with Crippen LogP contribution in [0, 0.1) is 0 Å². The van der Waals surface area contributed by atoms with Crippen molar-refractivity contribution in [3.05, 3.63) is 0 Å². The molecule has 0 spiro atoms. The van der Waals surface area contributed by atoms with Gasteiger partial charge in [-0.25, -0.2) is 16.8 Å². The standard InChI is InChI=1S/Ca.H3N.2H2O4S.2H2O/c;;2*1-5(2,3)4;;/h;1H3;2*(H2,1,2,3,4);2*1H2/q+2;;;;;/p-2. The van der Waals surface area contributed by atoms with Gasteiger partial charge in [0.15, 0.2) is 0 Å². The summed E-state index contributed by atoms with van der Waals surface area (Å²) in [6.07, 6.45) is 0. The Morgan fingerprint density at radius 1 is 0.786 bits per heavy atom. The summed E-state index contributed by atoms with van der Waals surface area (Å²) in [6.45, 7) is 0. The van der Waals surface area contributed by atoms with Gasteiger partial charge in [0.1, 0.15) is 0 Å². The third-order valence-electron chi connectivity index (χ3n) is 0. The van der Waals surface area contributed by atoms with Crippen molar-refractivity contribution in [3.8, 4) is 0 Å². The van der Waals surface area contributed by atoms with Gasteiger partial charge < -0.3 is 26.2 Å². The van der Waals surface area contributed by atoms with E-state index in [1.165, 1.54) is 0 Å². The van der Waals surface area contributed by atoms with E-state index in [2.05, 4.69) is 0 Å². The van der Waals surface area contributed by atoms with E-state index in [1.54, 1.807) is 0 Å². The normalized spacial score (nSPS) is 8.29. The molecule has 0 aromatic carbocycles. The molecule has 9 N–H and O–H groups in total. The second kappa shape index (κ2) is 13.9. The predicted molar refractivity (Wildman–Crippen MR) is 42.7 cm³/mol. The number of hydrogen-bond acceptors (Lipinski definition) is 7. The molecule has 0 heterocycles. The van der Waals surface area contributed by atoms with Gasteiger partial charge in [-0.15, -0.1) is 0 Å². The molecule has 0 aromatic rings. The zero-order valence-electron chi connectivity index (χ0n) is 6.57. The first-order chi connectivity index (χ1) is 4.00. The van der Waals surface area contributed by atoms with Crippen molar-refractivity contribution in [2.75, 3.05) is 0 Å². The van der Waals surface area contributed by atoms with Gasteiger partial charge in [0.05, 0.1) is 0 Å². The van der Waals surface area contributed by atoms with E-state index in [0.29, 0.717) is 0 Å². The first kappa shape index (κ1) is 36.4. The topological polar surface area (TPSA) is 253 Å². The molecule has 88 valence electrons. The minimum Gasteiger partial charge on any atom is -0.726 e. The molecule has 0 saturated heterocycles. The Morgan fingerprint density at radius 2 is 0.786 bits per heavy atom. The predicted octanol–water partition coefficient (Wildman–Crippen LogP) is -3.86. The third kappa shape index (κ3) is 2350. The molecule has 0 bridgehead atoms. The average Bonchev–Trinajstić information content (AvgIpc) is 1.12. The Balaban J connectivity index is -0.0000000178. The molecule has 0 radical (unpaired) electrons. The molecule has 0 fully saturated rings. The maximum atomic E-state index is 8.63. The Kier molecular flexibility index (Phi) is 36.0. The molecule has 14 heavy (non-hydrogen) atoms. The van der Waals surface area contributed by atoms with Gasteiger partial charge >= 0.3 is 37.7 Å². The number of hydrogen-bond donors (Lipinski definition) is 3. The maximum absolute atomic E-state index is 8.63. The smallest absolute Gasteiger partial charge is 0.726 e. The quantitative estimate of drug-likeness (QED) is 0.223. The monoisotopic (exact) mass is 287 g/mol. The van der Waals surface area contributed by atoms with Crippen LogP contribution in [0.25, 0.3) is 0 Å². The van der Waals surface area contributed by atoms with Crippen molar-refractivity contribution < 1.29 is 46.0 Å². The van der Waals surface area contributed by atoms with Gasteiger partial charge in [-0.3, -0.25) is 9.11 Å². The van der Waals surface area contributed by atoms with Gasteiger partial charge in [-0.05, 0) is 0 Å². The summed E-state index contributed by atoms with van der Waals surface area (Å²) in [5.41, 5.74) is 0. The van der Waals surface area contributed by atoms with Crippen LogP contribution in [0.2, 0.25) is 0 Å². The zero-order valence-corrected chi connectivity index (χ0v) is 10.4. The van der Waals surface area contributed by atoms with Gasteiger partial charge in [0, 0.05) is 0 Å². The largest absolute Gasteiger partial charge is 2.00 e. The summed E-state index contributed by atoms with van der Waals surface area (Å²) in [6, 6.07) is 0. The summed E-state index contributed by atoms with van der Waals surface area (Å²) in [5.74, 6) is 0. The fourth-order valence-electron chi connectivity index (χ4n) is 0. The third-order valence-corrected chi connectivity index (χ3v) is 0. The van der Waals surface area contributed by atoms with E-state index in [4.69, 9.17) is 35.0 Å². The van der Waals surface area contributed by atoms with Crippen molar-refractivity contribution >= 4 is 58.5 Å². The summed E-state index contributed by atoms with van der Waals surface area (Å²) in [4.78, 5) is 0. The van der Waals surface area contributed by atoms with E-state index >= 15 is 0 Å². The SMILES string of the molecule is N.O.O.O=S(=O)([O-])O.O=S(=O)([O-])O.[Ca+2]. The van der Waals surface area contributed by atoms with E-state index < -0.39 is 20.8 Å². The Morgan fingerprint density at radius 3 is 0.786 bits per heavy atom. The molecule has 0 saturated carbocycles. The van der Waals surface area contributed by atoms with Crippen LogP contribution in [0.5, 0.6) is 0 Å². The van der Waals surface area contributed by atoms with Crippen LogP contribution in [0.3, 0.4) is 0 Å². The molecule has 0 atom stereocenters. The van der Waals surface area contributed by atoms with Crippen molar-refractivity contribution in [2.45, 2.75) is 0 Å². The van der Waals surface area contributed by atoms with Crippen LogP contribution in [-0.2, 0) is 20.8 Å². The average molecular weight is 287 g/mol. The van der Waals surface area contributed by atoms with Gasteiger partial charge in [-0.1, -0.05) is 0 Å². The Hall–Kier alpha value is 0.880. The Bertz CT molecular complexity index is 214. The van der Waals surface area contributed by atoms with Gasteiger partial charge in [-0.2, -0.15) is 0 Å². The van der Waals surface area contributed by atoms with Crippen molar-refractivity contribution in [1.82, 2.24) is 6.15 Å². The van der Waals surface area contributed by atoms with Crippen LogP contribution in [0.15, 0.2) is 0 Å². The molecular weight excluding hydrogens is 278 g/mol. The number of rotatable bonds is 0. The Labute approximate surface area is 110 Å². The molecule has 14 heteroatoms. The molecule has 0 amide bonds. The summed E-state index contributed by atoms with van der Waals surface area (Å²) in [7, 11) is -9.83. The van der Waals surface area contributed by atoms with Crippen LogP contribution in [0.1, 0.15) is 0 Å². The summed E-state index contributed by atoms with van der Waals surface area (Å²) >= 11 is 0.